The summed E-state index contributed by atoms with van der Waals surface area (Å²) in [6.07, 6.45) is -4.39. The summed E-state index contributed by atoms with van der Waals surface area (Å²) < 4.78 is 38.3. The first kappa shape index (κ1) is 10.8. The molecule has 0 atom stereocenters. The highest BCUT2D eigenvalue weighted by Gasteiger charge is 2.35. The van der Waals surface area contributed by atoms with Gasteiger partial charge in [0.2, 0.25) is 0 Å². The van der Waals surface area contributed by atoms with Crippen LogP contribution in [0.2, 0.25) is 5.02 Å². The zero-order valence-corrected chi connectivity index (χ0v) is 9.22. The number of fused-ring (bicyclic) bond motifs is 1. The van der Waals surface area contributed by atoms with Crippen LogP contribution in [-0.2, 0) is 6.18 Å². The third kappa shape index (κ3) is 1.84. The number of hydrogen-bond acceptors (Lipinski definition) is 1. The van der Waals surface area contributed by atoms with Gasteiger partial charge in [0.25, 0.3) is 0 Å². The van der Waals surface area contributed by atoms with E-state index in [4.69, 9.17) is 11.6 Å². The van der Waals surface area contributed by atoms with E-state index in [0.717, 1.165) is 16.2 Å². The Kier molecular flexibility index (Phi) is 2.43. The normalized spacial score (nSPS) is 12.3. The van der Waals surface area contributed by atoms with Crippen LogP contribution in [0.1, 0.15) is 10.4 Å². The van der Waals surface area contributed by atoms with Crippen LogP contribution in [0.5, 0.6) is 0 Å². The second-order valence-electron chi connectivity index (χ2n) is 3.20. The maximum Gasteiger partial charge on any atom is 0.419 e. The minimum atomic E-state index is -4.39. The molecule has 0 amide bonds. The molecule has 0 unspecified atom stereocenters. The number of thiophene rings is 1. The lowest BCUT2D eigenvalue weighted by atomic mass is 10.1. The molecule has 0 fully saturated rings. The average Bonchev–Trinajstić information content (AvgIpc) is 2.41. The van der Waals surface area contributed by atoms with Crippen molar-refractivity contribution in [3.63, 3.8) is 0 Å². The van der Waals surface area contributed by atoms with Crippen LogP contribution in [0.25, 0.3) is 10.1 Å². The quantitative estimate of drug-likeness (QED) is 0.625. The smallest absolute Gasteiger partial charge is 0.166 e. The molecule has 0 aliphatic carbocycles. The van der Waals surface area contributed by atoms with E-state index >= 15 is 0 Å². The van der Waals surface area contributed by atoms with Gasteiger partial charge >= 0.3 is 6.18 Å². The van der Waals surface area contributed by atoms with Gasteiger partial charge in [0, 0.05) is 9.58 Å². The van der Waals surface area contributed by atoms with Gasteiger partial charge in [-0.2, -0.15) is 13.2 Å². The molecule has 0 saturated heterocycles. The topological polar surface area (TPSA) is 0 Å². The van der Waals surface area contributed by atoms with Crippen LogP contribution in [0, 0.1) is 6.92 Å². The lowest BCUT2D eigenvalue weighted by Gasteiger charge is -2.09. The first-order valence-corrected chi connectivity index (χ1v) is 5.35. The molecule has 0 aliphatic heterocycles. The van der Waals surface area contributed by atoms with Gasteiger partial charge in [-0.15, -0.1) is 11.3 Å². The molecular weight excluding hydrogens is 245 g/mol. The second-order valence-corrected chi connectivity index (χ2v) is 4.86. The summed E-state index contributed by atoms with van der Waals surface area (Å²) in [6.45, 7) is 1.78. The van der Waals surface area contributed by atoms with Crippen molar-refractivity contribution < 1.29 is 13.2 Å². The van der Waals surface area contributed by atoms with Crippen molar-refractivity contribution in [2.75, 3.05) is 0 Å². The zero-order valence-electron chi connectivity index (χ0n) is 7.65. The van der Waals surface area contributed by atoms with Crippen LogP contribution in [0.4, 0.5) is 13.2 Å². The van der Waals surface area contributed by atoms with E-state index in [1.54, 1.807) is 19.1 Å². The van der Waals surface area contributed by atoms with Crippen LogP contribution >= 0.6 is 22.9 Å². The van der Waals surface area contributed by atoms with Crippen molar-refractivity contribution in [2.45, 2.75) is 13.1 Å². The highest BCUT2D eigenvalue weighted by molar-refractivity contribution is 7.19. The van der Waals surface area contributed by atoms with Crippen LogP contribution < -0.4 is 0 Å². The van der Waals surface area contributed by atoms with E-state index in [9.17, 15) is 13.2 Å². The van der Waals surface area contributed by atoms with Crippen LogP contribution in [0.3, 0.4) is 0 Å². The van der Waals surface area contributed by atoms with E-state index in [2.05, 4.69) is 0 Å². The third-order valence-corrected chi connectivity index (χ3v) is 3.44. The standard InChI is InChI=1S/C10H6ClF3S/c1-5-4-6-2-3-7(11)8(9(6)15-5)10(12,13)14/h2-4H,1H3. The Morgan fingerprint density at radius 2 is 1.93 bits per heavy atom. The van der Waals surface area contributed by atoms with Gasteiger partial charge in [0.15, 0.2) is 0 Å². The predicted molar refractivity (Wildman–Crippen MR) is 56.6 cm³/mol. The molecule has 15 heavy (non-hydrogen) atoms. The van der Waals surface area contributed by atoms with Crippen LogP contribution in [-0.4, -0.2) is 0 Å². The molecule has 1 aromatic heterocycles. The second kappa shape index (κ2) is 3.39. The van der Waals surface area contributed by atoms with Crippen molar-refractivity contribution in [1.29, 1.82) is 0 Å². The van der Waals surface area contributed by atoms with E-state index < -0.39 is 11.7 Å². The average molecular weight is 251 g/mol. The molecule has 2 aromatic rings. The largest absolute Gasteiger partial charge is 0.419 e. The molecule has 0 radical (unpaired) electrons. The van der Waals surface area contributed by atoms with Gasteiger partial charge < -0.3 is 0 Å². The first-order valence-electron chi connectivity index (χ1n) is 4.15. The SMILES string of the molecule is Cc1cc2ccc(Cl)c(C(F)(F)F)c2s1. The van der Waals surface area contributed by atoms with E-state index in [0.29, 0.717) is 5.39 Å². The summed E-state index contributed by atoms with van der Waals surface area (Å²) in [6, 6.07) is 4.63. The van der Waals surface area contributed by atoms with Crippen molar-refractivity contribution in [2.24, 2.45) is 0 Å². The third-order valence-electron chi connectivity index (χ3n) is 2.04. The van der Waals surface area contributed by atoms with Gasteiger partial charge in [-0.3, -0.25) is 0 Å². The van der Waals surface area contributed by atoms with Gasteiger partial charge in [-0.1, -0.05) is 17.7 Å². The van der Waals surface area contributed by atoms with E-state index in [1.165, 1.54) is 6.07 Å². The fraction of sp³-hybridized carbons (Fsp3) is 0.200. The Bertz CT molecular complexity index is 513. The monoisotopic (exact) mass is 250 g/mol. The minimum Gasteiger partial charge on any atom is -0.166 e. The van der Waals surface area contributed by atoms with Crippen molar-refractivity contribution in [3.05, 3.63) is 33.7 Å². The molecule has 0 bridgehead atoms. The maximum absolute atomic E-state index is 12.7. The molecule has 1 heterocycles. The molecule has 0 N–H and O–H groups in total. The molecule has 0 aliphatic rings. The van der Waals surface area contributed by atoms with E-state index in [1.807, 2.05) is 0 Å². The number of halogens is 4. The highest BCUT2D eigenvalue weighted by atomic mass is 35.5. The Morgan fingerprint density at radius 1 is 1.27 bits per heavy atom. The van der Waals surface area contributed by atoms with Gasteiger partial charge in [0.05, 0.1) is 10.6 Å². The lowest BCUT2D eigenvalue weighted by molar-refractivity contribution is -0.136. The van der Waals surface area contributed by atoms with Gasteiger partial charge in [-0.05, 0) is 24.4 Å². The summed E-state index contributed by atoms with van der Waals surface area (Å²) in [5.41, 5.74) is -0.722. The molecule has 1 aromatic carbocycles. The van der Waals surface area contributed by atoms with Crippen molar-refractivity contribution in [1.82, 2.24) is 0 Å². The number of alkyl halides is 3. The molecule has 2 rings (SSSR count). The molecular formula is C10H6ClF3S. The number of rotatable bonds is 0. The fourth-order valence-corrected chi connectivity index (χ4v) is 2.87. The maximum atomic E-state index is 12.7. The van der Waals surface area contributed by atoms with Gasteiger partial charge in [0.1, 0.15) is 0 Å². The Labute approximate surface area is 93.3 Å². The summed E-state index contributed by atoms with van der Waals surface area (Å²) in [4.78, 5) is 0.845. The Balaban J connectivity index is 2.85. The summed E-state index contributed by atoms with van der Waals surface area (Å²) in [5, 5.41) is 0.353. The predicted octanol–water partition coefficient (Wildman–Crippen LogP) is 4.88. The number of aryl methyl sites for hydroxylation is 1. The zero-order chi connectivity index (χ0) is 11.2. The minimum absolute atomic E-state index is 0.215. The molecule has 80 valence electrons. The Hall–Kier alpha value is -0.740. The Morgan fingerprint density at radius 3 is 2.53 bits per heavy atom. The molecule has 0 nitrogen and oxygen atoms in total. The summed E-state index contributed by atoms with van der Waals surface area (Å²) in [5.74, 6) is 0. The number of hydrogen-bond donors (Lipinski definition) is 0. The van der Waals surface area contributed by atoms with E-state index in [-0.39, 0.29) is 9.72 Å². The lowest BCUT2D eigenvalue weighted by Crippen LogP contribution is -2.05. The van der Waals surface area contributed by atoms with Gasteiger partial charge in [-0.25, -0.2) is 0 Å². The summed E-state index contributed by atoms with van der Waals surface area (Å²) in [7, 11) is 0. The molecule has 0 saturated carbocycles. The molecule has 5 heteroatoms. The first-order chi connectivity index (χ1) is 6.89. The number of benzene rings is 1. The molecule has 0 spiro atoms. The van der Waals surface area contributed by atoms with Crippen molar-refractivity contribution >= 4 is 33.0 Å². The van der Waals surface area contributed by atoms with Crippen LogP contribution in [0.15, 0.2) is 18.2 Å². The fourth-order valence-electron chi connectivity index (χ4n) is 1.47. The highest BCUT2D eigenvalue weighted by Crippen LogP contribution is 2.42. The van der Waals surface area contributed by atoms with Crippen molar-refractivity contribution in [3.8, 4) is 0 Å². The summed E-state index contributed by atoms with van der Waals surface area (Å²) >= 11 is 6.70.